The molecular formula is C27H27FN6O2S. The van der Waals surface area contributed by atoms with Gasteiger partial charge in [0.1, 0.15) is 52.8 Å². The fourth-order valence-corrected chi connectivity index (χ4v) is 5.03. The average molecular weight is 519 g/mol. The molecule has 0 amide bonds. The number of hydrogen-bond acceptors (Lipinski definition) is 8. The van der Waals surface area contributed by atoms with Crippen LogP contribution in [0.1, 0.15) is 28.3 Å². The molecule has 2 aromatic heterocycles. The van der Waals surface area contributed by atoms with Crippen LogP contribution in [0, 0.1) is 24.1 Å². The van der Waals surface area contributed by atoms with E-state index in [1.807, 2.05) is 19.1 Å². The van der Waals surface area contributed by atoms with E-state index in [4.69, 9.17) is 15.2 Å². The number of aryl methyl sites for hydroxylation is 1. The molecule has 1 aliphatic heterocycles. The highest BCUT2D eigenvalue weighted by Gasteiger charge is 2.19. The number of ether oxygens (including phenoxy) is 2. The van der Waals surface area contributed by atoms with Crippen LogP contribution >= 0.6 is 11.3 Å². The maximum atomic E-state index is 14.2. The minimum Gasteiger partial charge on any atom is -0.488 e. The first-order valence-corrected chi connectivity index (χ1v) is 12.9. The Bertz CT molecular complexity index is 1420. The van der Waals surface area contributed by atoms with Crippen LogP contribution in [-0.2, 0) is 13.2 Å². The summed E-state index contributed by atoms with van der Waals surface area (Å²) in [5, 5.41) is 15.3. The first kappa shape index (κ1) is 24.7. The molecule has 0 radical (unpaired) electrons. The molecule has 10 heteroatoms. The standard InChI is InChI=1S/C27H27FN6O2S/c1-18-31-16-24(37-18)17-35-22-12-20(28)13-23(14-22)36-21-6-4-19(5-7-21)26-25(15-29)27(30)34(32-26)11-10-33-8-2-3-9-33/h4-7,12-14,16H,2-3,8-11,17,30H2,1H3. The molecule has 37 heavy (non-hydrogen) atoms. The van der Waals surface area contributed by atoms with Gasteiger partial charge >= 0.3 is 0 Å². The zero-order valence-corrected chi connectivity index (χ0v) is 21.3. The lowest BCUT2D eigenvalue weighted by Gasteiger charge is -2.14. The van der Waals surface area contributed by atoms with Crippen molar-refractivity contribution in [3.63, 3.8) is 0 Å². The van der Waals surface area contributed by atoms with Crippen LogP contribution < -0.4 is 15.2 Å². The van der Waals surface area contributed by atoms with Crippen LogP contribution in [0.5, 0.6) is 17.2 Å². The molecule has 0 saturated carbocycles. The second-order valence-electron chi connectivity index (χ2n) is 8.88. The van der Waals surface area contributed by atoms with Gasteiger partial charge in [-0.2, -0.15) is 10.4 Å². The van der Waals surface area contributed by atoms with Crippen LogP contribution in [0.15, 0.2) is 48.7 Å². The third kappa shape index (κ3) is 5.90. The van der Waals surface area contributed by atoms with Gasteiger partial charge in [-0.1, -0.05) is 0 Å². The van der Waals surface area contributed by atoms with E-state index in [2.05, 4.69) is 21.1 Å². The number of nitrogens with zero attached hydrogens (tertiary/aromatic N) is 5. The Morgan fingerprint density at radius 1 is 1.08 bits per heavy atom. The van der Waals surface area contributed by atoms with Gasteiger partial charge in [-0.3, -0.25) is 0 Å². The van der Waals surface area contributed by atoms with Crippen molar-refractivity contribution >= 4 is 17.2 Å². The lowest BCUT2D eigenvalue weighted by atomic mass is 10.1. The molecule has 8 nitrogen and oxygen atoms in total. The highest BCUT2D eigenvalue weighted by molar-refractivity contribution is 7.11. The summed E-state index contributed by atoms with van der Waals surface area (Å²) in [6.45, 7) is 5.89. The second kappa shape index (κ2) is 11.0. The number of likely N-dealkylation sites (tertiary alicyclic amines) is 1. The van der Waals surface area contributed by atoms with Crippen LogP contribution in [0.2, 0.25) is 0 Å². The van der Waals surface area contributed by atoms with Crippen molar-refractivity contribution in [3.8, 4) is 34.6 Å². The molecule has 0 spiro atoms. The lowest BCUT2D eigenvalue weighted by Crippen LogP contribution is -2.25. The number of nitriles is 1. The summed E-state index contributed by atoms with van der Waals surface area (Å²) in [6, 6.07) is 13.6. The van der Waals surface area contributed by atoms with E-state index < -0.39 is 5.82 Å². The van der Waals surface area contributed by atoms with Crippen molar-refractivity contribution in [2.45, 2.75) is 32.9 Å². The number of benzene rings is 2. The molecular weight excluding hydrogens is 491 g/mol. The number of nitrogen functional groups attached to an aromatic ring is 1. The van der Waals surface area contributed by atoms with Gasteiger partial charge in [0, 0.05) is 36.5 Å². The van der Waals surface area contributed by atoms with Crippen molar-refractivity contribution < 1.29 is 13.9 Å². The summed E-state index contributed by atoms with van der Waals surface area (Å²) in [6.07, 6.45) is 4.18. The number of halogens is 1. The number of thiazole rings is 1. The minimum absolute atomic E-state index is 0.304. The Hall–Kier alpha value is -3.94. The van der Waals surface area contributed by atoms with Gasteiger partial charge in [-0.25, -0.2) is 14.1 Å². The summed E-state index contributed by atoms with van der Waals surface area (Å²) in [5.41, 5.74) is 7.89. The number of nitrogens with two attached hydrogens (primary N) is 1. The summed E-state index contributed by atoms with van der Waals surface area (Å²) in [7, 11) is 0. The molecule has 0 bridgehead atoms. The molecule has 2 aromatic carbocycles. The summed E-state index contributed by atoms with van der Waals surface area (Å²) in [5.74, 6) is 1.11. The molecule has 1 aliphatic rings. The zero-order valence-electron chi connectivity index (χ0n) is 20.5. The predicted octanol–water partition coefficient (Wildman–Crippen LogP) is 5.38. The number of aromatic nitrogens is 3. The Morgan fingerprint density at radius 3 is 2.54 bits per heavy atom. The molecule has 0 aliphatic carbocycles. The second-order valence-corrected chi connectivity index (χ2v) is 10.2. The SMILES string of the molecule is Cc1ncc(COc2cc(F)cc(Oc3ccc(-c4nn(CCN5CCCC5)c(N)c4C#N)cc3)c2)s1. The van der Waals surface area contributed by atoms with Crippen LogP contribution in [0.3, 0.4) is 0 Å². The summed E-state index contributed by atoms with van der Waals surface area (Å²) < 4.78 is 27.5. The fraction of sp³-hybridized carbons (Fsp3) is 0.296. The van der Waals surface area contributed by atoms with E-state index in [1.54, 1.807) is 29.1 Å². The quantitative estimate of drug-likeness (QED) is 0.318. The van der Waals surface area contributed by atoms with Crippen LogP contribution in [0.25, 0.3) is 11.3 Å². The van der Waals surface area contributed by atoms with E-state index in [-0.39, 0.29) is 0 Å². The lowest BCUT2D eigenvalue weighted by molar-refractivity contribution is 0.306. The molecule has 0 unspecified atom stereocenters. The maximum Gasteiger partial charge on any atom is 0.140 e. The number of hydrogen-bond donors (Lipinski definition) is 1. The summed E-state index contributed by atoms with van der Waals surface area (Å²) >= 11 is 1.53. The van der Waals surface area contributed by atoms with Gasteiger partial charge in [-0.15, -0.1) is 11.3 Å². The van der Waals surface area contributed by atoms with Gasteiger partial charge in [-0.05, 0) is 57.1 Å². The van der Waals surface area contributed by atoms with E-state index in [0.717, 1.165) is 35.1 Å². The topological polar surface area (TPSA) is 102 Å². The third-order valence-corrected chi connectivity index (χ3v) is 7.08. The third-order valence-electron chi connectivity index (χ3n) is 6.19. The van der Waals surface area contributed by atoms with E-state index >= 15 is 0 Å². The van der Waals surface area contributed by atoms with Gasteiger partial charge in [0.2, 0.25) is 0 Å². The van der Waals surface area contributed by atoms with E-state index in [9.17, 15) is 9.65 Å². The van der Waals surface area contributed by atoms with Crippen molar-refractivity contribution in [2.75, 3.05) is 25.4 Å². The van der Waals surface area contributed by atoms with Crippen molar-refractivity contribution in [1.29, 1.82) is 5.26 Å². The monoisotopic (exact) mass is 518 g/mol. The van der Waals surface area contributed by atoms with Gasteiger partial charge < -0.3 is 20.1 Å². The molecule has 4 aromatic rings. The molecule has 2 N–H and O–H groups in total. The molecule has 5 rings (SSSR count). The molecule has 3 heterocycles. The highest BCUT2D eigenvalue weighted by Crippen LogP contribution is 2.31. The van der Waals surface area contributed by atoms with Crippen LogP contribution in [0.4, 0.5) is 10.2 Å². The number of rotatable bonds is 9. The molecule has 0 atom stereocenters. The normalized spacial score (nSPS) is 13.5. The van der Waals surface area contributed by atoms with E-state index in [1.165, 1.54) is 36.3 Å². The smallest absolute Gasteiger partial charge is 0.140 e. The Balaban J connectivity index is 1.28. The van der Waals surface area contributed by atoms with Gasteiger partial charge in [0.25, 0.3) is 0 Å². The van der Waals surface area contributed by atoms with Crippen molar-refractivity contribution in [2.24, 2.45) is 0 Å². The zero-order chi connectivity index (χ0) is 25.8. The van der Waals surface area contributed by atoms with Gasteiger partial charge in [0.15, 0.2) is 0 Å². The molecule has 1 saturated heterocycles. The highest BCUT2D eigenvalue weighted by atomic mass is 32.1. The first-order chi connectivity index (χ1) is 18.0. The Labute approximate surface area is 218 Å². The Morgan fingerprint density at radius 2 is 1.84 bits per heavy atom. The Kier molecular flexibility index (Phi) is 7.35. The minimum atomic E-state index is -0.460. The average Bonchev–Trinajstić information content (AvgIpc) is 3.62. The van der Waals surface area contributed by atoms with Crippen molar-refractivity contribution in [1.82, 2.24) is 19.7 Å². The molecule has 190 valence electrons. The fourth-order valence-electron chi connectivity index (χ4n) is 4.32. The largest absolute Gasteiger partial charge is 0.488 e. The van der Waals surface area contributed by atoms with E-state index in [0.29, 0.717) is 47.5 Å². The maximum absolute atomic E-state index is 14.2. The number of anilines is 1. The molecule has 1 fully saturated rings. The predicted molar refractivity (Wildman–Crippen MR) is 140 cm³/mol. The van der Waals surface area contributed by atoms with Gasteiger partial charge in [0.05, 0.1) is 16.4 Å². The summed E-state index contributed by atoms with van der Waals surface area (Å²) in [4.78, 5) is 7.53. The first-order valence-electron chi connectivity index (χ1n) is 12.1. The van der Waals surface area contributed by atoms with Crippen LogP contribution in [-0.4, -0.2) is 39.3 Å². The van der Waals surface area contributed by atoms with Crippen molar-refractivity contribution in [3.05, 3.63) is 69.9 Å².